The maximum Gasteiger partial charge on any atom is 0.269 e. The van der Waals surface area contributed by atoms with E-state index in [-0.39, 0.29) is 30.3 Å². The summed E-state index contributed by atoms with van der Waals surface area (Å²) in [6.45, 7) is 0.381. The van der Waals surface area contributed by atoms with Gasteiger partial charge in [0.15, 0.2) is 5.17 Å². The third-order valence-electron chi connectivity index (χ3n) is 6.36. The number of nitrogens with one attached hydrogen (secondary N) is 1. The second kappa shape index (κ2) is 11.5. The molecule has 0 spiro atoms. The number of non-ortho nitro benzene ring substituents is 1. The normalized spacial score (nSPS) is 15.7. The van der Waals surface area contributed by atoms with Crippen LogP contribution in [0.25, 0.3) is 0 Å². The summed E-state index contributed by atoms with van der Waals surface area (Å²) in [4.78, 5) is 47.4. The molecule has 0 unspecified atom stereocenters. The number of hydrogen-bond acceptors (Lipinski definition) is 8. The Hall–Kier alpha value is -4.51. The molecule has 0 aromatic heterocycles. The highest BCUT2D eigenvalue weighted by Crippen LogP contribution is 2.35. The van der Waals surface area contributed by atoms with Gasteiger partial charge in [-0.05, 0) is 41.8 Å². The number of amidine groups is 2. The van der Waals surface area contributed by atoms with Crippen LogP contribution in [0.3, 0.4) is 0 Å². The maximum absolute atomic E-state index is 13.4. The number of aliphatic imine (C=N–C) groups is 2. The van der Waals surface area contributed by atoms with Crippen molar-refractivity contribution < 1.29 is 19.2 Å². The monoisotopic (exact) mass is 543 g/mol. The molecule has 0 saturated heterocycles. The second-order valence-corrected chi connectivity index (χ2v) is 9.87. The molecule has 11 heteroatoms. The predicted octanol–water partition coefficient (Wildman–Crippen LogP) is 4.59. The zero-order valence-electron chi connectivity index (χ0n) is 21.1. The van der Waals surface area contributed by atoms with Crippen LogP contribution in [0.5, 0.6) is 5.75 Å². The van der Waals surface area contributed by atoms with Crippen molar-refractivity contribution in [2.45, 2.75) is 31.2 Å². The van der Waals surface area contributed by atoms with E-state index in [4.69, 9.17) is 14.7 Å². The van der Waals surface area contributed by atoms with E-state index in [9.17, 15) is 19.7 Å². The summed E-state index contributed by atoms with van der Waals surface area (Å²) in [6, 6.07) is 20.5. The summed E-state index contributed by atoms with van der Waals surface area (Å²) in [6.07, 6.45) is 0.428. The molecular formula is C28H25N5O5S. The molecule has 2 aliphatic heterocycles. The van der Waals surface area contributed by atoms with Gasteiger partial charge in [0.2, 0.25) is 5.91 Å². The van der Waals surface area contributed by atoms with Crippen LogP contribution < -0.4 is 10.1 Å². The fourth-order valence-corrected chi connectivity index (χ4v) is 5.21. The summed E-state index contributed by atoms with van der Waals surface area (Å²) in [5.74, 6) is 1.35. The van der Waals surface area contributed by atoms with E-state index in [1.165, 1.54) is 28.8 Å². The van der Waals surface area contributed by atoms with Crippen LogP contribution in [0.2, 0.25) is 0 Å². The maximum atomic E-state index is 13.4. The first kappa shape index (κ1) is 26.1. The molecule has 0 aliphatic carbocycles. The van der Waals surface area contributed by atoms with Gasteiger partial charge in [0.05, 0.1) is 17.7 Å². The van der Waals surface area contributed by atoms with Crippen LogP contribution in [0.15, 0.2) is 82.8 Å². The van der Waals surface area contributed by atoms with Crippen molar-refractivity contribution in [1.29, 1.82) is 0 Å². The molecule has 3 aromatic rings. The first-order valence-corrected chi connectivity index (χ1v) is 13.3. The second-order valence-electron chi connectivity index (χ2n) is 8.93. The largest absolute Gasteiger partial charge is 0.497 e. The topological polar surface area (TPSA) is 126 Å². The van der Waals surface area contributed by atoms with Gasteiger partial charge in [-0.25, -0.2) is 9.89 Å². The number of nitro groups is 1. The zero-order chi connectivity index (χ0) is 27.4. The van der Waals surface area contributed by atoms with Crippen LogP contribution in [0.4, 0.5) is 11.4 Å². The number of carbonyl (C=O) groups is 2. The number of amides is 2. The van der Waals surface area contributed by atoms with Crippen LogP contribution >= 0.6 is 11.8 Å². The lowest BCUT2D eigenvalue weighted by Gasteiger charge is -2.25. The predicted molar refractivity (Wildman–Crippen MR) is 149 cm³/mol. The van der Waals surface area contributed by atoms with Gasteiger partial charge in [-0.15, -0.1) is 0 Å². The number of carbonyl (C=O) groups excluding carboxylic acids is 2. The Balaban J connectivity index is 1.24. The molecular weight excluding hydrogens is 518 g/mol. The number of ether oxygens (including phenoxy) is 1. The van der Waals surface area contributed by atoms with E-state index in [1.807, 2.05) is 48.5 Å². The van der Waals surface area contributed by atoms with Gasteiger partial charge < -0.3 is 10.1 Å². The number of nitrogens with zero attached hydrogens (tertiary/aromatic N) is 4. The van der Waals surface area contributed by atoms with Crippen molar-refractivity contribution in [2.24, 2.45) is 9.98 Å². The fourth-order valence-electron chi connectivity index (χ4n) is 4.25. The number of thioether (sulfide) groups is 1. The van der Waals surface area contributed by atoms with Gasteiger partial charge in [0.1, 0.15) is 17.6 Å². The lowest BCUT2D eigenvalue weighted by Crippen LogP contribution is -2.41. The van der Waals surface area contributed by atoms with Gasteiger partial charge in [-0.3, -0.25) is 24.7 Å². The van der Waals surface area contributed by atoms with Crippen molar-refractivity contribution in [3.8, 4) is 5.75 Å². The molecule has 0 bridgehead atoms. The average molecular weight is 544 g/mol. The van der Waals surface area contributed by atoms with Crippen molar-refractivity contribution in [3.05, 3.63) is 99.6 Å². The molecule has 0 radical (unpaired) electrons. The minimum absolute atomic E-state index is 0.0210. The quantitative estimate of drug-likeness (QED) is 0.311. The molecule has 3 aromatic carbocycles. The van der Waals surface area contributed by atoms with Gasteiger partial charge in [-0.1, -0.05) is 48.2 Å². The molecule has 2 heterocycles. The highest BCUT2D eigenvalue weighted by Gasteiger charge is 2.41. The summed E-state index contributed by atoms with van der Waals surface area (Å²) < 4.78 is 5.15. The summed E-state index contributed by atoms with van der Waals surface area (Å²) in [5.41, 5.74) is 3.30. The van der Waals surface area contributed by atoms with E-state index in [2.05, 4.69) is 5.32 Å². The van der Waals surface area contributed by atoms with Crippen LogP contribution in [-0.4, -0.2) is 45.8 Å². The Labute approximate surface area is 228 Å². The first-order valence-electron chi connectivity index (χ1n) is 12.3. The number of nitro benzene ring substituents is 1. The molecule has 1 atom stereocenters. The van der Waals surface area contributed by atoms with E-state index in [1.54, 1.807) is 19.2 Å². The number of benzene rings is 3. The molecule has 198 valence electrons. The molecule has 2 amide bonds. The van der Waals surface area contributed by atoms with Crippen molar-refractivity contribution in [1.82, 2.24) is 10.2 Å². The molecule has 5 rings (SSSR count). The minimum Gasteiger partial charge on any atom is -0.497 e. The van der Waals surface area contributed by atoms with Crippen molar-refractivity contribution >= 4 is 46.0 Å². The Morgan fingerprint density at radius 1 is 1.08 bits per heavy atom. The third kappa shape index (κ3) is 5.83. The molecule has 2 aliphatic rings. The SMILES string of the molecule is COc1ccc(CNC(=O)CC[C@@H]2N=C3c4ccccc4N=C(SCc4ccc([N+](=O)[O-])cc4)N3C2=O)cc1. The zero-order valence-corrected chi connectivity index (χ0v) is 21.9. The van der Waals surface area contributed by atoms with E-state index >= 15 is 0 Å². The van der Waals surface area contributed by atoms with E-state index in [0.29, 0.717) is 29.0 Å². The third-order valence-corrected chi connectivity index (χ3v) is 7.37. The molecule has 39 heavy (non-hydrogen) atoms. The average Bonchev–Trinajstić information content (AvgIpc) is 3.30. The van der Waals surface area contributed by atoms with Gasteiger partial charge >= 0.3 is 0 Å². The first-order chi connectivity index (χ1) is 18.9. The smallest absolute Gasteiger partial charge is 0.269 e. The molecule has 10 nitrogen and oxygen atoms in total. The van der Waals surface area contributed by atoms with Crippen LogP contribution in [0, 0.1) is 10.1 Å². The summed E-state index contributed by atoms with van der Waals surface area (Å²) in [5, 5.41) is 14.3. The minimum atomic E-state index is -0.692. The molecule has 1 N–H and O–H groups in total. The Morgan fingerprint density at radius 2 is 1.79 bits per heavy atom. The van der Waals surface area contributed by atoms with Gasteiger partial charge in [0.25, 0.3) is 11.6 Å². The Morgan fingerprint density at radius 3 is 2.51 bits per heavy atom. The molecule has 0 saturated carbocycles. The van der Waals surface area contributed by atoms with Crippen LogP contribution in [-0.2, 0) is 21.9 Å². The number of methoxy groups -OCH3 is 1. The highest BCUT2D eigenvalue weighted by atomic mass is 32.2. The summed E-state index contributed by atoms with van der Waals surface area (Å²) in [7, 11) is 1.60. The molecule has 0 fully saturated rings. The van der Waals surface area contributed by atoms with Gasteiger partial charge in [0, 0.05) is 36.4 Å². The fraction of sp³-hybridized carbons (Fsp3) is 0.214. The summed E-state index contributed by atoms with van der Waals surface area (Å²) >= 11 is 1.36. The highest BCUT2D eigenvalue weighted by molar-refractivity contribution is 8.13. The number of para-hydroxylation sites is 1. The number of fused-ring (bicyclic) bond motifs is 3. The number of hydrogen-bond donors (Lipinski definition) is 1. The number of rotatable bonds is 9. The Kier molecular flexibility index (Phi) is 7.69. The van der Waals surface area contributed by atoms with Crippen LogP contribution in [0.1, 0.15) is 29.5 Å². The lowest BCUT2D eigenvalue weighted by atomic mass is 10.1. The van der Waals surface area contributed by atoms with Gasteiger partial charge in [-0.2, -0.15) is 0 Å². The van der Waals surface area contributed by atoms with Crippen molar-refractivity contribution in [3.63, 3.8) is 0 Å². The Bertz CT molecular complexity index is 1470. The lowest BCUT2D eigenvalue weighted by molar-refractivity contribution is -0.384. The van der Waals surface area contributed by atoms with E-state index < -0.39 is 11.0 Å². The standard InChI is InChI=1S/C28H25N5O5S/c1-38-21-12-8-18(9-13-21)16-29-25(34)15-14-24-27(35)32-26(30-24)22-4-2-3-5-23(22)31-28(32)39-17-19-6-10-20(11-7-19)33(36)37/h2-13,24H,14-17H2,1H3,(H,29,34)/t24-/m0/s1. The van der Waals surface area contributed by atoms with Crippen molar-refractivity contribution in [2.75, 3.05) is 7.11 Å². The van der Waals surface area contributed by atoms with E-state index in [0.717, 1.165) is 22.4 Å².